The van der Waals surface area contributed by atoms with Crippen molar-refractivity contribution in [1.29, 1.82) is 0 Å². The van der Waals surface area contributed by atoms with E-state index in [1.165, 1.54) is 0 Å². The average Bonchev–Trinajstić information content (AvgIpc) is 2.60. The van der Waals surface area contributed by atoms with E-state index in [-0.39, 0.29) is 17.7 Å². The van der Waals surface area contributed by atoms with Gasteiger partial charge in [0.2, 0.25) is 5.91 Å². The van der Waals surface area contributed by atoms with E-state index >= 15 is 0 Å². The van der Waals surface area contributed by atoms with Gasteiger partial charge in [0.25, 0.3) is 5.91 Å². The first-order valence-electron chi connectivity index (χ1n) is 9.50. The van der Waals surface area contributed by atoms with Crippen LogP contribution in [0.3, 0.4) is 0 Å². The van der Waals surface area contributed by atoms with Crippen molar-refractivity contribution in [2.24, 2.45) is 11.8 Å². The zero-order chi connectivity index (χ0) is 19.1. The zero-order valence-electron chi connectivity index (χ0n) is 16.0. The molecule has 1 saturated heterocycles. The van der Waals surface area contributed by atoms with E-state index in [0.29, 0.717) is 28.6 Å². The van der Waals surface area contributed by atoms with E-state index in [4.69, 9.17) is 11.6 Å². The lowest BCUT2D eigenvalue weighted by molar-refractivity contribution is -0.116. The third kappa shape index (κ3) is 5.99. The molecule has 0 atom stereocenters. The number of amides is 2. The summed E-state index contributed by atoms with van der Waals surface area (Å²) < 4.78 is 0. The second-order valence-electron chi connectivity index (χ2n) is 7.38. The highest BCUT2D eigenvalue weighted by atomic mass is 35.5. The second-order valence-corrected chi connectivity index (χ2v) is 7.79. The monoisotopic (exact) mass is 379 g/mol. The minimum absolute atomic E-state index is 0.0510. The van der Waals surface area contributed by atoms with E-state index in [1.54, 1.807) is 18.2 Å². The molecular formula is C20H30ClN3O2. The number of halogens is 1. The summed E-state index contributed by atoms with van der Waals surface area (Å²) in [5.41, 5.74) is 1.07. The van der Waals surface area contributed by atoms with Gasteiger partial charge in [0, 0.05) is 25.2 Å². The lowest BCUT2D eigenvalue weighted by Gasteiger charge is -2.32. The van der Waals surface area contributed by atoms with Gasteiger partial charge in [-0.2, -0.15) is 0 Å². The molecule has 144 valence electrons. The van der Waals surface area contributed by atoms with Crippen LogP contribution < -0.4 is 10.6 Å². The molecule has 0 unspecified atom stereocenters. The number of hydrogen-bond acceptors (Lipinski definition) is 3. The van der Waals surface area contributed by atoms with Gasteiger partial charge in [-0.3, -0.25) is 9.59 Å². The maximum Gasteiger partial charge on any atom is 0.255 e. The Balaban J connectivity index is 2.00. The van der Waals surface area contributed by atoms with Crippen molar-refractivity contribution in [3.63, 3.8) is 0 Å². The number of nitrogens with zero attached hydrogens (tertiary/aromatic N) is 1. The van der Waals surface area contributed by atoms with Crippen molar-refractivity contribution in [2.75, 3.05) is 31.5 Å². The van der Waals surface area contributed by atoms with Crippen LogP contribution >= 0.6 is 11.6 Å². The Morgan fingerprint density at radius 3 is 2.58 bits per heavy atom. The topological polar surface area (TPSA) is 61.4 Å². The molecule has 5 nitrogen and oxygen atoms in total. The summed E-state index contributed by atoms with van der Waals surface area (Å²) in [5, 5.41) is 6.65. The van der Waals surface area contributed by atoms with Crippen LogP contribution in [0.15, 0.2) is 18.2 Å². The number of carbonyl (C=O) groups is 2. The summed E-state index contributed by atoms with van der Waals surface area (Å²) in [6, 6.07) is 5.10. The van der Waals surface area contributed by atoms with Crippen molar-refractivity contribution in [3.8, 4) is 0 Å². The first kappa shape index (κ1) is 20.7. The Bertz CT molecular complexity index is 625. The van der Waals surface area contributed by atoms with Crippen LogP contribution in [0.1, 0.15) is 50.4 Å². The summed E-state index contributed by atoms with van der Waals surface area (Å²) in [6.45, 7) is 9.57. The van der Waals surface area contributed by atoms with Gasteiger partial charge in [-0.15, -0.1) is 0 Å². The highest BCUT2D eigenvalue weighted by Crippen LogP contribution is 2.25. The Morgan fingerprint density at radius 1 is 1.27 bits per heavy atom. The number of piperidine rings is 1. The summed E-state index contributed by atoms with van der Waals surface area (Å²) in [4.78, 5) is 26.7. The number of carbonyl (C=O) groups excluding carboxylic acids is 2. The molecule has 0 bridgehead atoms. The van der Waals surface area contributed by atoms with Crippen molar-refractivity contribution < 1.29 is 9.59 Å². The van der Waals surface area contributed by atoms with Crippen LogP contribution in [0, 0.1) is 11.8 Å². The van der Waals surface area contributed by atoms with Crippen molar-refractivity contribution in [1.82, 2.24) is 10.2 Å². The van der Waals surface area contributed by atoms with Gasteiger partial charge >= 0.3 is 0 Å². The van der Waals surface area contributed by atoms with Crippen LogP contribution in [0.5, 0.6) is 0 Å². The molecule has 0 radical (unpaired) electrons. The Morgan fingerprint density at radius 2 is 1.96 bits per heavy atom. The van der Waals surface area contributed by atoms with Gasteiger partial charge in [0.05, 0.1) is 10.6 Å². The van der Waals surface area contributed by atoms with Gasteiger partial charge in [0.1, 0.15) is 0 Å². The summed E-state index contributed by atoms with van der Waals surface area (Å²) >= 11 is 6.26. The van der Waals surface area contributed by atoms with E-state index in [1.807, 2.05) is 18.7 Å². The van der Waals surface area contributed by atoms with Crippen LogP contribution in [-0.4, -0.2) is 42.9 Å². The lowest BCUT2D eigenvalue weighted by atomic mass is 9.96. The Hall–Kier alpha value is -1.59. The molecule has 6 heteroatoms. The number of benzene rings is 1. The molecule has 1 aromatic rings. The van der Waals surface area contributed by atoms with Crippen LogP contribution in [0.25, 0.3) is 0 Å². The molecule has 1 aromatic carbocycles. The third-order valence-electron chi connectivity index (χ3n) is 4.66. The highest BCUT2D eigenvalue weighted by molar-refractivity contribution is 6.34. The number of nitrogens with one attached hydrogen (secondary N) is 2. The van der Waals surface area contributed by atoms with Crippen molar-refractivity contribution >= 4 is 29.1 Å². The molecule has 2 N–H and O–H groups in total. The van der Waals surface area contributed by atoms with Crippen LogP contribution in [0.4, 0.5) is 5.69 Å². The molecular weight excluding hydrogens is 350 g/mol. The minimum atomic E-state index is -0.0585. The minimum Gasteiger partial charge on any atom is -0.339 e. The van der Waals surface area contributed by atoms with Gasteiger partial charge in [-0.1, -0.05) is 32.4 Å². The molecule has 1 aliphatic rings. The number of anilines is 1. The smallest absolute Gasteiger partial charge is 0.255 e. The maximum absolute atomic E-state index is 12.9. The molecule has 0 spiro atoms. The van der Waals surface area contributed by atoms with E-state index in [0.717, 1.165) is 39.0 Å². The molecule has 1 fully saturated rings. The fraction of sp³-hybridized carbons (Fsp3) is 0.600. The first-order chi connectivity index (χ1) is 12.4. The maximum atomic E-state index is 12.9. The van der Waals surface area contributed by atoms with Gasteiger partial charge < -0.3 is 15.5 Å². The molecule has 1 aliphatic heterocycles. The average molecular weight is 380 g/mol. The molecule has 1 heterocycles. The fourth-order valence-electron chi connectivity index (χ4n) is 3.21. The van der Waals surface area contributed by atoms with E-state index < -0.39 is 0 Å². The predicted octanol–water partition coefficient (Wildman–Crippen LogP) is 3.79. The quantitative estimate of drug-likeness (QED) is 0.757. The zero-order valence-corrected chi connectivity index (χ0v) is 16.7. The molecule has 0 saturated carbocycles. The Kier molecular flexibility index (Phi) is 7.91. The number of likely N-dealkylation sites (tertiary alicyclic amines) is 1. The molecule has 0 aromatic heterocycles. The molecule has 0 aliphatic carbocycles. The van der Waals surface area contributed by atoms with Gasteiger partial charge in [0.15, 0.2) is 0 Å². The largest absolute Gasteiger partial charge is 0.339 e. The number of hydrogen-bond donors (Lipinski definition) is 2. The van der Waals surface area contributed by atoms with Gasteiger partial charge in [-0.25, -0.2) is 0 Å². The van der Waals surface area contributed by atoms with Crippen LogP contribution in [0.2, 0.25) is 5.02 Å². The predicted molar refractivity (Wildman–Crippen MR) is 107 cm³/mol. The van der Waals surface area contributed by atoms with Crippen molar-refractivity contribution in [2.45, 2.75) is 40.0 Å². The molecule has 2 amide bonds. The summed E-state index contributed by atoms with van der Waals surface area (Å²) in [6.07, 6.45) is 2.45. The standard InChI is InChI=1S/C20H30ClN3O2/c1-4-22-13-15-7-9-24(10-8-15)20(26)17-12-16(5-6-18(17)21)23-19(25)11-14(2)3/h5-6,12,14-15,22H,4,7-11,13H2,1-3H3,(H,23,25). The second kappa shape index (κ2) is 9.93. The fourth-order valence-corrected chi connectivity index (χ4v) is 3.41. The molecule has 2 rings (SSSR count). The van der Waals surface area contributed by atoms with Gasteiger partial charge in [-0.05, 0) is 56.0 Å². The van der Waals surface area contributed by atoms with Crippen LogP contribution in [-0.2, 0) is 4.79 Å². The highest BCUT2D eigenvalue weighted by Gasteiger charge is 2.25. The molecule has 26 heavy (non-hydrogen) atoms. The van der Waals surface area contributed by atoms with E-state index in [2.05, 4.69) is 17.6 Å². The summed E-state index contributed by atoms with van der Waals surface area (Å²) in [5.74, 6) is 0.796. The third-order valence-corrected chi connectivity index (χ3v) is 4.99. The van der Waals surface area contributed by atoms with E-state index in [9.17, 15) is 9.59 Å². The summed E-state index contributed by atoms with van der Waals surface area (Å²) in [7, 11) is 0. The normalized spacial score (nSPS) is 15.3. The number of rotatable bonds is 7. The lowest BCUT2D eigenvalue weighted by Crippen LogP contribution is -2.40. The van der Waals surface area contributed by atoms with Crippen molar-refractivity contribution in [3.05, 3.63) is 28.8 Å². The Labute approximate surface area is 161 Å². The SMILES string of the molecule is CCNCC1CCN(C(=O)c2cc(NC(=O)CC(C)C)ccc2Cl)CC1. The first-order valence-corrected chi connectivity index (χ1v) is 9.87.